The van der Waals surface area contributed by atoms with E-state index in [4.69, 9.17) is 5.11 Å². The molecule has 0 aliphatic carbocycles. The Morgan fingerprint density at radius 2 is 1.88 bits per heavy atom. The molecule has 5 heteroatoms. The number of ketones is 1. The zero-order valence-corrected chi connectivity index (χ0v) is 10.1. The molecule has 4 nitrogen and oxygen atoms in total. The van der Waals surface area contributed by atoms with E-state index in [1.54, 1.807) is 11.8 Å². The van der Waals surface area contributed by atoms with Gasteiger partial charge in [0.1, 0.15) is 12.7 Å². The fourth-order valence-corrected chi connectivity index (χ4v) is 2.22. The van der Waals surface area contributed by atoms with E-state index < -0.39 is 24.6 Å². The van der Waals surface area contributed by atoms with Gasteiger partial charge in [-0.2, -0.15) is 0 Å². The monoisotopic (exact) mass is 256 g/mol. The first-order valence-electron chi connectivity index (χ1n) is 5.32. The normalized spacial score (nSPS) is 14.3. The van der Waals surface area contributed by atoms with E-state index in [-0.39, 0.29) is 0 Å². The summed E-state index contributed by atoms with van der Waals surface area (Å²) in [4.78, 5) is 12.0. The molecular weight excluding hydrogens is 240 g/mol. The minimum Gasteiger partial charge on any atom is -0.390 e. The van der Waals surface area contributed by atoms with E-state index in [1.165, 1.54) is 0 Å². The summed E-state index contributed by atoms with van der Waals surface area (Å²) in [5.41, 5.74) is 0. The molecule has 0 unspecified atom stereocenters. The van der Waals surface area contributed by atoms with Gasteiger partial charge >= 0.3 is 0 Å². The van der Waals surface area contributed by atoms with Crippen molar-refractivity contribution < 1.29 is 20.1 Å². The lowest BCUT2D eigenvalue weighted by Crippen LogP contribution is -2.36. The third-order valence-corrected chi connectivity index (χ3v) is 3.32. The minimum atomic E-state index is -1.49. The molecule has 0 heterocycles. The quantitative estimate of drug-likeness (QED) is 0.617. The van der Waals surface area contributed by atoms with E-state index in [0.717, 1.165) is 4.90 Å². The number of Topliss-reactive ketones (excluding diaryl/α,β-unsaturated/α-hetero) is 1. The van der Waals surface area contributed by atoms with Crippen LogP contribution in [0.3, 0.4) is 0 Å². The Morgan fingerprint density at radius 1 is 1.24 bits per heavy atom. The lowest BCUT2D eigenvalue weighted by Gasteiger charge is -2.15. The Labute approximate surface area is 104 Å². The molecule has 94 valence electrons. The molecule has 0 radical (unpaired) electrons. The van der Waals surface area contributed by atoms with E-state index in [1.807, 2.05) is 30.3 Å². The maximum atomic E-state index is 10.9. The Balaban J connectivity index is 2.29. The highest BCUT2D eigenvalue weighted by molar-refractivity contribution is 7.99. The first kappa shape index (κ1) is 14.2. The molecule has 1 aromatic carbocycles. The molecule has 2 atom stereocenters. The third kappa shape index (κ3) is 4.87. The minimum absolute atomic E-state index is 0.298. The molecule has 0 aliphatic heterocycles. The highest BCUT2D eigenvalue weighted by atomic mass is 32.2. The summed E-state index contributed by atoms with van der Waals surface area (Å²) in [5, 5.41) is 27.3. The average molecular weight is 256 g/mol. The first-order chi connectivity index (χ1) is 8.15. The van der Waals surface area contributed by atoms with Gasteiger partial charge in [-0.1, -0.05) is 18.2 Å². The number of carbonyl (C=O) groups is 1. The lowest BCUT2D eigenvalue weighted by atomic mass is 10.1. The van der Waals surface area contributed by atoms with Crippen molar-refractivity contribution in [3.05, 3.63) is 30.3 Å². The van der Waals surface area contributed by atoms with E-state index >= 15 is 0 Å². The van der Waals surface area contributed by atoms with E-state index in [2.05, 4.69) is 0 Å². The van der Waals surface area contributed by atoms with Crippen LogP contribution in [0.25, 0.3) is 0 Å². The molecule has 0 saturated carbocycles. The van der Waals surface area contributed by atoms with Crippen LogP contribution < -0.4 is 0 Å². The van der Waals surface area contributed by atoms with Gasteiger partial charge in [-0.3, -0.25) is 4.79 Å². The Morgan fingerprint density at radius 3 is 2.47 bits per heavy atom. The number of hydrogen-bond donors (Lipinski definition) is 3. The van der Waals surface area contributed by atoms with Crippen LogP contribution in [0.1, 0.15) is 6.42 Å². The van der Waals surface area contributed by atoms with Crippen LogP contribution in [-0.2, 0) is 4.79 Å². The summed E-state index contributed by atoms with van der Waals surface area (Å²) in [6.45, 7) is -0.746. The van der Waals surface area contributed by atoms with Crippen LogP contribution in [0, 0.1) is 0 Å². The standard InChI is InChI=1S/C12H16O4S/c13-8-11(15)12(16)10(14)6-7-17-9-4-2-1-3-5-9/h1-5,10,12-14,16H,6-8H2/t10-,12+/m1/s1. The Bertz CT molecular complexity index is 342. The highest BCUT2D eigenvalue weighted by Crippen LogP contribution is 2.19. The van der Waals surface area contributed by atoms with Gasteiger partial charge in [0, 0.05) is 10.6 Å². The zero-order valence-electron chi connectivity index (χ0n) is 9.32. The van der Waals surface area contributed by atoms with Crippen LogP contribution in [0.5, 0.6) is 0 Å². The number of hydrogen-bond acceptors (Lipinski definition) is 5. The summed E-state index contributed by atoms with van der Waals surface area (Å²) in [5.74, 6) is -0.150. The first-order valence-corrected chi connectivity index (χ1v) is 6.31. The van der Waals surface area contributed by atoms with Gasteiger partial charge in [0.15, 0.2) is 5.78 Å². The molecule has 17 heavy (non-hydrogen) atoms. The number of aliphatic hydroxyl groups is 3. The van der Waals surface area contributed by atoms with Crippen molar-refractivity contribution in [1.82, 2.24) is 0 Å². The van der Waals surface area contributed by atoms with Crippen molar-refractivity contribution in [1.29, 1.82) is 0 Å². The van der Waals surface area contributed by atoms with Crippen LogP contribution in [0.2, 0.25) is 0 Å². The van der Waals surface area contributed by atoms with E-state index in [9.17, 15) is 15.0 Å². The number of thioether (sulfide) groups is 1. The second kappa shape index (κ2) is 7.45. The van der Waals surface area contributed by atoms with Crippen LogP contribution >= 0.6 is 11.8 Å². The van der Waals surface area contributed by atoms with Crippen molar-refractivity contribution in [3.8, 4) is 0 Å². The summed E-state index contributed by atoms with van der Waals surface area (Å²) < 4.78 is 0. The highest BCUT2D eigenvalue weighted by Gasteiger charge is 2.22. The third-order valence-electron chi connectivity index (χ3n) is 2.28. The maximum absolute atomic E-state index is 10.9. The lowest BCUT2D eigenvalue weighted by molar-refractivity contribution is -0.135. The molecule has 3 N–H and O–H groups in total. The van der Waals surface area contributed by atoms with Crippen LogP contribution in [-0.4, -0.2) is 45.7 Å². The smallest absolute Gasteiger partial charge is 0.189 e. The summed E-state index contributed by atoms with van der Waals surface area (Å²) in [6.07, 6.45) is -2.31. The fraction of sp³-hybridized carbons (Fsp3) is 0.417. The van der Waals surface area contributed by atoms with Crippen molar-refractivity contribution in [2.75, 3.05) is 12.4 Å². The summed E-state index contributed by atoms with van der Waals surface area (Å²) in [6, 6.07) is 9.66. The molecule has 1 rings (SSSR count). The van der Waals surface area contributed by atoms with Crippen molar-refractivity contribution in [3.63, 3.8) is 0 Å². The van der Waals surface area contributed by atoms with Crippen molar-refractivity contribution >= 4 is 17.5 Å². The topological polar surface area (TPSA) is 77.8 Å². The molecular formula is C12H16O4S. The second-order valence-corrected chi connectivity index (χ2v) is 4.76. The molecule has 0 aromatic heterocycles. The fourth-order valence-electron chi connectivity index (χ4n) is 1.28. The second-order valence-electron chi connectivity index (χ2n) is 3.59. The molecule has 0 aliphatic rings. The van der Waals surface area contributed by atoms with Crippen molar-refractivity contribution in [2.24, 2.45) is 0 Å². The summed E-state index contributed by atoms with van der Waals surface area (Å²) >= 11 is 1.54. The molecule has 0 bridgehead atoms. The predicted molar refractivity (Wildman–Crippen MR) is 65.9 cm³/mol. The largest absolute Gasteiger partial charge is 0.390 e. The van der Waals surface area contributed by atoms with E-state index in [0.29, 0.717) is 12.2 Å². The Hall–Kier alpha value is -0.880. The van der Waals surface area contributed by atoms with Gasteiger partial charge in [0.05, 0.1) is 6.10 Å². The molecule has 1 aromatic rings. The van der Waals surface area contributed by atoms with Gasteiger partial charge in [0.2, 0.25) is 0 Å². The predicted octanol–water partition coefficient (Wildman–Crippen LogP) is 0.452. The van der Waals surface area contributed by atoms with Gasteiger partial charge < -0.3 is 15.3 Å². The maximum Gasteiger partial charge on any atom is 0.189 e. The molecule has 0 fully saturated rings. The van der Waals surface area contributed by atoms with Crippen molar-refractivity contribution in [2.45, 2.75) is 23.5 Å². The number of carbonyl (C=O) groups excluding carboxylic acids is 1. The molecule has 0 saturated heterocycles. The zero-order chi connectivity index (χ0) is 12.7. The van der Waals surface area contributed by atoms with Crippen LogP contribution in [0.4, 0.5) is 0 Å². The average Bonchev–Trinajstić information content (AvgIpc) is 2.38. The molecule has 0 amide bonds. The number of rotatable bonds is 7. The van der Waals surface area contributed by atoms with Gasteiger partial charge in [0.25, 0.3) is 0 Å². The summed E-state index contributed by atoms with van der Waals surface area (Å²) in [7, 11) is 0. The van der Waals surface area contributed by atoms with Gasteiger partial charge in [-0.15, -0.1) is 11.8 Å². The number of benzene rings is 1. The number of aliphatic hydroxyl groups excluding tert-OH is 3. The van der Waals surface area contributed by atoms with Gasteiger partial charge in [-0.05, 0) is 18.6 Å². The Kier molecular flexibility index (Phi) is 6.21. The molecule has 0 spiro atoms. The SMILES string of the molecule is O=C(CO)[C@@H](O)[C@H](O)CCSc1ccccc1. The van der Waals surface area contributed by atoms with Crippen LogP contribution in [0.15, 0.2) is 35.2 Å². The van der Waals surface area contributed by atoms with Gasteiger partial charge in [-0.25, -0.2) is 0 Å².